The highest BCUT2D eigenvalue weighted by Gasteiger charge is 2.22. The minimum atomic E-state index is 0.545. The van der Waals surface area contributed by atoms with Crippen molar-refractivity contribution >= 4 is 16.9 Å². The molecule has 1 fully saturated rings. The monoisotopic (exact) mass is 253 g/mol. The maximum Gasteiger partial charge on any atom is 0.157 e. The SMILES string of the molecule is Cc1noc(C)c1CN=C1N[C@@H](C(C)C)CS1. The molecule has 0 unspecified atom stereocenters. The lowest BCUT2D eigenvalue weighted by molar-refractivity contribution is 0.392. The molecule has 2 heterocycles. The van der Waals surface area contributed by atoms with Crippen LogP contribution in [0.2, 0.25) is 0 Å². The fourth-order valence-corrected chi connectivity index (χ4v) is 2.94. The van der Waals surface area contributed by atoms with Gasteiger partial charge >= 0.3 is 0 Å². The van der Waals surface area contributed by atoms with Gasteiger partial charge in [0.05, 0.1) is 12.2 Å². The normalized spacial score (nSPS) is 22.4. The van der Waals surface area contributed by atoms with Crippen LogP contribution in [-0.4, -0.2) is 22.1 Å². The molecule has 4 nitrogen and oxygen atoms in total. The van der Waals surface area contributed by atoms with Gasteiger partial charge in [0.25, 0.3) is 0 Å². The van der Waals surface area contributed by atoms with Gasteiger partial charge in [-0.3, -0.25) is 4.99 Å². The van der Waals surface area contributed by atoms with E-state index < -0.39 is 0 Å². The topological polar surface area (TPSA) is 50.4 Å². The summed E-state index contributed by atoms with van der Waals surface area (Å²) in [5.41, 5.74) is 2.04. The van der Waals surface area contributed by atoms with Crippen molar-refractivity contribution in [2.45, 2.75) is 40.3 Å². The Morgan fingerprint density at radius 2 is 2.29 bits per heavy atom. The van der Waals surface area contributed by atoms with Crippen LogP contribution in [0.1, 0.15) is 30.9 Å². The van der Waals surface area contributed by atoms with Gasteiger partial charge in [-0.2, -0.15) is 0 Å². The number of aryl methyl sites for hydroxylation is 2. The van der Waals surface area contributed by atoms with Crippen LogP contribution < -0.4 is 5.32 Å². The number of aliphatic imine (C=N–C) groups is 1. The summed E-state index contributed by atoms with van der Waals surface area (Å²) in [6, 6.07) is 0.545. The van der Waals surface area contributed by atoms with Crippen molar-refractivity contribution in [2.75, 3.05) is 5.75 Å². The Hall–Kier alpha value is -0.970. The van der Waals surface area contributed by atoms with Gasteiger partial charge in [-0.1, -0.05) is 30.8 Å². The van der Waals surface area contributed by atoms with E-state index in [2.05, 4.69) is 29.3 Å². The zero-order valence-electron chi connectivity index (χ0n) is 10.8. The summed E-state index contributed by atoms with van der Waals surface area (Å²) in [7, 11) is 0. The molecule has 1 aromatic heterocycles. The van der Waals surface area contributed by atoms with E-state index in [1.165, 1.54) is 0 Å². The molecule has 0 amide bonds. The van der Waals surface area contributed by atoms with Crippen LogP contribution in [-0.2, 0) is 6.54 Å². The summed E-state index contributed by atoms with van der Waals surface area (Å²) in [5.74, 6) is 2.63. The molecule has 0 bridgehead atoms. The predicted molar refractivity (Wildman–Crippen MR) is 71.3 cm³/mol. The second kappa shape index (κ2) is 5.12. The first-order valence-electron chi connectivity index (χ1n) is 5.93. The van der Waals surface area contributed by atoms with Crippen molar-refractivity contribution in [1.82, 2.24) is 10.5 Å². The fraction of sp³-hybridized carbons (Fsp3) is 0.667. The van der Waals surface area contributed by atoms with Crippen molar-refractivity contribution in [2.24, 2.45) is 10.9 Å². The number of thioether (sulfide) groups is 1. The third kappa shape index (κ3) is 2.83. The summed E-state index contributed by atoms with van der Waals surface area (Å²) < 4.78 is 5.12. The van der Waals surface area contributed by atoms with Gasteiger partial charge in [0, 0.05) is 17.4 Å². The largest absolute Gasteiger partial charge is 0.361 e. The van der Waals surface area contributed by atoms with Crippen molar-refractivity contribution < 1.29 is 4.52 Å². The molecule has 1 N–H and O–H groups in total. The van der Waals surface area contributed by atoms with Crippen LogP contribution in [0.25, 0.3) is 0 Å². The summed E-state index contributed by atoms with van der Waals surface area (Å²) in [6.45, 7) is 9.01. The van der Waals surface area contributed by atoms with Gasteiger partial charge in [0.1, 0.15) is 5.76 Å². The summed E-state index contributed by atoms with van der Waals surface area (Å²) >= 11 is 1.80. The third-order valence-corrected chi connectivity index (χ3v) is 4.12. The first-order chi connectivity index (χ1) is 8.08. The molecular weight excluding hydrogens is 234 g/mol. The molecule has 0 radical (unpaired) electrons. The number of rotatable bonds is 3. The Morgan fingerprint density at radius 3 is 2.82 bits per heavy atom. The Bertz CT molecular complexity index is 406. The molecule has 1 aliphatic rings. The van der Waals surface area contributed by atoms with E-state index >= 15 is 0 Å². The predicted octanol–water partition coefficient (Wildman–Crippen LogP) is 2.51. The second-order valence-electron chi connectivity index (χ2n) is 4.73. The van der Waals surface area contributed by atoms with Crippen molar-refractivity contribution in [3.8, 4) is 0 Å². The Kier molecular flexibility index (Phi) is 3.76. The second-order valence-corrected chi connectivity index (χ2v) is 5.74. The lowest BCUT2D eigenvalue weighted by Crippen LogP contribution is -2.31. The molecule has 0 aliphatic carbocycles. The number of aromatic nitrogens is 1. The van der Waals surface area contributed by atoms with Gasteiger partial charge in [-0.05, 0) is 19.8 Å². The molecule has 5 heteroatoms. The van der Waals surface area contributed by atoms with Crippen molar-refractivity contribution in [3.05, 3.63) is 17.0 Å². The van der Waals surface area contributed by atoms with Crippen LogP contribution in [0.4, 0.5) is 0 Å². The fourth-order valence-electron chi connectivity index (χ4n) is 1.74. The van der Waals surface area contributed by atoms with Gasteiger partial charge < -0.3 is 9.84 Å². The molecule has 1 aliphatic heterocycles. The average molecular weight is 253 g/mol. The summed E-state index contributed by atoms with van der Waals surface area (Å²) in [4.78, 5) is 4.59. The zero-order chi connectivity index (χ0) is 12.4. The quantitative estimate of drug-likeness (QED) is 0.899. The van der Waals surface area contributed by atoms with E-state index in [1.807, 2.05) is 13.8 Å². The first-order valence-corrected chi connectivity index (χ1v) is 6.92. The Balaban J connectivity index is 1.99. The highest BCUT2D eigenvalue weighted by molar-refractivity contribution is 8.14. The van der Waals surface area contributed by atoms with Gasteiger partial charge in [0.15, 0.2) is 5.17 Å². The molecule has 0 saturated carbocycles. The maximum atomic E-state index is 5.12. The molecular formula is C12H19N3OS. The van der Waals surface area contributed by atoms with Crippen LogP contribution >= 0.6 is 11.8 Å². The van der Waals surface area contributed by atoms with Crippen LogP contribution in [0, 0.1) is 19.8 Å². The Labute approximate surface area is 106 Å². The molecule has 94 valence electrons. The molecule has 1 atom stereocenters. The summed E-state index contributed by atoms with van der Waals surface area (Å²) in [5, 5.41) is 8.43. The Morgan fingerprint density at radius 1 is 1.53 bits per heavy atom. The highest BCUT2D eigenvalue weighted by atomic mass is 32.2. The van der Waals surface area contributed by atoms with E-state index in [1.54, 1.807) is 11.8 Å². The minimum absolute atomic E-state index is 0.545. The molecule has 0 aromatic carbocycles. The molecule has 2 rings (SSSR count). The van der Waals surface area contributed by atoms with Gasteiger partial charge in [-0.15, -0.1) is 0 Å². The van der Waals surface area contributed by atoms with Crippen molar-refractivity contribution in [1.29, 1.82) is 0 Å². The lowest BCUT2D eigenvalue weighted by atomic mass is 10.1. The standard InChI is InChI=1S/C12H19N3OS/c1-7(2)11-6-17-12(14-11)13-5-10-8(3)15-16-9(10)4/h7,11H,5-6H2,1-4H3,(H,13,14)/t11-/m1/s1. The van der Waals surface area contributed by atoms with E-state index in [0.29, 0.717) is 18.5 Å². The zero-order valence-corrected chi connectivity index (χ0v) is 11.6. The van der Waals surface area contributed by atoms with E-state index in [0.717, 1.165) is 27.9 Å². The number of hydrogen-bond donors (Lipinski definition) is 1. The van der Waals surface area contributed by atoms with Crippen LogP contribution in [0.15, 0.2) is 9.52 Å². The number of nitrogens with zero attached hydrogens (tertiary/aromatic N) is 2. The van der Waals surface area contributed by atoms with E-state index in [4.69, 9.17) is 4.52 Å². The maximum absolute atomic E-state index is 5.12. The molecule has 1 saturated heterocycles. The average Bonchev–Trinajstić information content (AvgIpc) is 2.85. The minimum Gasteiger partial charge on any atom is -0.361 e. The highest BCUT2D eigenvalue weighted by Crippen LogP contribution is 2.20. The number of hydrogen-bond acceptors (Lipinski definition) is 4. The number of nitrogens with one attached hydrogen (secondary N) is 1. The number of amidine groups is 1. The summed E-state index contributed by atoms with van der Waals surface area (Å²) in [6.07, 6.45) is 0. The van der Waals surface area contributed by atoms with Crippen LogP contribution in [0.5, 0.6) is 0 Å². The smallest absolute Gasteiger partial charge is 0.157 e. The first kappa shape index (κ1) is 12.5. The molecule has 1 aromatic rings. The van der Waals surface area contributed by atoms with Gasteiger partial charge in [-0.25, -0.2) is 0 Å². The van der Waals surface area contributed by atoms with E-state index in [9.17, 15) is 0 Å². The van der Waals surface area contributed by atoms with E-state index in [-0.39, 0.29) is 0 Å². The van der Waals surface area contributed by atoms with Crippen LogP contribution in [0.3, 0.4) is 0 Å². The third-order valence-electron chi connectivity index (χ3n) is 3.08. The molecule has 17 heavy (non-hydrogen) atoms. The van der Waals surface area contributed by atoms with Crippen molar-refractivity contribution in [3.63, 3.8) is 0 Å². The lowest BCUT2D eigenvalue weighted by Gasteiger charge is -2.13. The molecule has 0 spiro atoms. The van der Waals surface area contributed by atoms with Gasteiger partial charge in [0.2, 0.25) is 0 Å².